The van der Waals surface area contributed by atoms with Crippen LogP contribution in [0.2, 0.25) is 0 Å². The van der Waals surface area contributed by atoms with E-state index in [9.17, 15) is 4.79 Å². The molecule has 0 radical (unpaired) electrons. The Morgan fingerprint density at radius 2 is 2.10 bits per heavy atom. The number of likely N-dealkylation sites (N-methyl/N-ethyl adjacent to an activating group) is 1. The molecule has 0 unspecified atom stereocenters. The first-order valence-corrected chi connectivity index (χ1v) is 7.51. The molecule has 6 heteroatoms. The van der Waals surface area contributed by atoms with Gasteiger partial charge < -0.3 is 19.7 Å². The molecule has 0 saturated heterocycles. The molecule has 5 nitrogen and oxygen atoms in total. The van der Waals surface area contributed by atoms with Crippen LogP contribution in [0.3, 0.4) is 0 Å². The quantitative estimate of drug-likeness (QED) is 0.860. The number of hydrogen-bond acceptors (Lipinski definition) is 4. The highest BCUT2D eigenvalue weighted by Crippen LogP contribution is 2.39. The molecule has 1 aliphatic heterocycles. The first-order valence-electron chi connectivity index (χ1n) is 6.72. The lowest BCUT2D eigenvalue weighted by molar-refractivity contribution is -0.129. The Morgan fingerprint density at radius 3 is 2.80 bits per heavy atom. The molecule has 1 aliphatic rings. The molecular weight excluding hydrogens is 324 g/mol. The number of amides is 1. The number of carbonyl (C=O) groups is 1. The predicted molar refractivity (Wildman–Crippen MR) is 79.9 cm³/mol. The summed E-state index contributed by atoms with van der Waals surface area (Å²) in [5.74, 6) is 1.61. The van der Waals surface area contributed by atoms with Crippen LogP contribution in [0.15, 0.2) is 16.6 Å². The number of nitrogens with one attached hydrogen (secondary N) is 1. The smallest absolute Gasteiger partial charge is 0.236 e. The lowest BCUT2D eigenvalue weighted by Gasteiger charge is -2.18. The normalized spacial score (nSPS) is 12.6. The molecule has 0 spiro atoms. The molecule has 1 heterocycles. The summed E-state index contributed by atoms with van der Waals surface area (Å²) in [6.07, 6.45) is 0. The summed E-state index contributed by atoms with van der Waals surface area (Å²) < 4.78 is 11.6. The zero-order valence-electron chi connectivity index (χ0n) is 11.7. The Balaban J connectivity index is 1.89. The number of ether oxygens (including phenoxy) is 2. The van der Waals surface area contributed by atoms with Crippen LogP contribution < -0.4 is 14.8 Å². The lowest BCUT2D eigenvalue weighted by atomic mass is 10.2. The summed E-state index contributed by atoms with van der Waals surface area (Å²) in [4.78, 5) is 13.7. The third kappa shape index (κ3) is 3.43. The van der Waals surface area contributed by atoms with Gasteiger partial charge in [-0.2, -0.15) is 0 Å². The van der Waals surface area contributed by atoms with Crippen molar-refractivity contribution in [2.45, 2.75) is 20.4 Å². The van der Waals surface area contributed by atoms with Crippen LogP contribution in [0.1, 0.15) is 19.4 Å². The van der Waals surface area contributed by atoms with E-state index in [1.807, 2.05) is 30.9 Å². The van der Waals surface area contributed by atoms with E-state index in [0.29, 0.717) is 13.1 Å². The maximum absolute atomic E-state index is 11.9. The van der Waals surface area contributed by atoms with Gasteiger partial charge in [0, 0.05) is 19.6 Å². The van der Waals surface area contributed by atoms with Crippen LogP contribution in [0.5, 0.6) is 11.5 Å². The predicted octanol–water partition coefficient (Wildman–Crippen LogP) is 2.14. The molecule has 0 bridgehead atoms. The largest absolute Gasteiger partial charge is 0.454 e. The van der Waals surface area contributed by atoms with E-state index in [0.717, 1.165) is 34.6 Å². The number of rotatable bonds is 6. The monoisotopic (exact) mass is 342 g/mol. The van der Waals surface area contributed by atoms with Crippen LogP contribution >= 0.6 is 15.9 Å². The van der Waals surface area contributed by atoms with Gasteiger partial charge in [0.05, 0.1) is 11.0 Å². The van der Waals surface area contributed by atoms with E-state index < -0.39 is 0 Å². The number of carbonyl (C=O) groups excluding carboxylic acids is 1. The first-order chi connectivity index (χ1) is 9.65. The molecule has 0 fully saturated rings. The van der Waals surface area contributed by atoms with Gasteiger partial charge in [0.15, 0.2) is 11.5 Å². The average molecular weight is 343 g/mol. The van der Waals surface area contributed by atoms with Crippen molar-refractivity contribution in [1.29, 1.82) is 0 Å². The SMILES string of the molecule is CCN(CC)C(=O)CNCc1cc(Br)c2c(c1)OCO2. The van der Waals surface area contributed by atoms with E-state index in [2.05, 4.69) is 21.2 Å². The maximum Gasteiger partial charge on any atom is 0.236 e. The Labute approximate surface area is 127 Å². The Kier molecular flexibility index (Phi) is 5.25. The van der Waals surface area contributed by atoms with Gasteiger partial charge in [-0.25, -0.2) is 0 Å². The number of halogens is 1. The van der Waals surface area contributed by atoms with Gasteiger partial charge in [-0.05, 0) is 47.5 Å². The Hall–Kier alpha value is -1.27. The van der Waals surface area contributed by atoms with Gasteiger partial charge in [0.1, 0.15) is 0 Å². The molecule has 2 rings (SSSR count). The summed E-state index contributed by atoms with van der Waals surface area (Å²) >= 11 is 3.46. The van der Waals surface area contributed by atoms with Crippen molar-refractivity contribution in [1.82, 2.24) is 10.2 Å². The Morgan fingerprint density at radius 1 is 1.35 bits per heavy atom. The molecule has 1 amide bonds. The van der Waals surface area contributed by atoms with E-state index in [1.54, 1.807) is 0 Å². The van der Waals surface area contributed by atoms with Gasteiger partial charge in [0.25, 0.3) is 0 Å². The van der Waals surface area contributed by atoms with Crippen LogP contribution in [0.25, 0.3) is 0 Å². The van der Waals surface area contributed by atoms with Crippen molar-refractivity contribution in [2.75, 3.05) is 26.4 Å². The van der Waals surface area contributed by atoms with Gasteiger partial charge in [0.2, 0.25) is 12.7 Å². The highest BCUT2D eigenvalue weighted by atomic mass is 79.9. The standard InChI is InChI=1S/C14H19BrN2O3/c1-3-17(4-2)13(18)8-16-7-10-5-11(15)14-12(6-10)19-9-20-14/h5-6,16H,3-4,7-9H2,1-2H3. The van der Waals surface area contributed by atoms with E-state index in [-0.39, 0.29) is 12.7 Å². The van der Waals surface area contributed by atoms with E-state index in [1.165, 1.54) is 0 Å². The van der Waals surface area contributed by atoms with Gasteiger partial charge in [-0.3, -0.25) is 4.79 Å². The second-order valence-electron chi connectivity index (χ2n) is 4.48. The van der Waals surface area contributed by atoms with Crippen molar-refractivity contribution in [3.63, 3.8) is 0 Å². The number of benzene rings is 1. The topological polar surface area (TPSA) is 50.8 Å². The Bertz CT molecular complexity index is 490. The third-order valence-electron chi connectivity index (χ3n) is 3.21. The summed E-state index contributed by atoms with van der Waals surface area (Å²) in [7, 11) is 0. The molecule has 110 valence electrons. The molecule has 1 aromatic carbocycles. The van der Waals surface area contributed by atoms with E-state index in [4.69, 9.17) is 9.47 Å². The van der Waals surface area contributed by atoms with Crippen molar-refractivity contribution in [3.8, 4) is 11.5 Å². The highest BCUT2D eigenvalue weighted by molar-refractivity contribution is 9.10. The zero-order chi connectivity index (χ0) is 14.5. The third-order valence-corrected chi connectivity index (χ3v) is 3.80. The maximum atomic E-state index is 11.9. The van der Waals surface area contributed by atoms with Gasteiger partial charge in [-0.15, -0.1) is 0 Å². The van der Waals surface area contributed by atoms with Gasteiger partial charge >= 0.3 is 0 Å². The first kappa shape index (κ1) is 15.1. The van der Waals surface area contributed by atoms with Crippen molar-refractivity contribution in [2.24, 2.45) is 0 Å². The minimum Gasteiger partial charge on any atom is -0.454 e. The summed E-state index contributed by atoms with van der Waals surface area (Å²) in [6, 6.07) is 3.91. The molecule has 20 heavy (non-hydrogen) atoms. The van der Waals surface area contributed by atoms with Crippen LogP contribution in [0, 0.1) is 0 Å². The molecule has 0 aliphatic carbocycles. The second-order valence-corrected chi connectivity index (χ2v) is 5.34. The number of nitrogens with zero attached hydrogens (tertiary/aromatic N) is 1. The number of hydrogen-bond donors (Lipinski definition) is 1. The summed E-state index contributed by atoms with van der Waals surface area (Å²) in [6.45, 7) is 6.66. The lowest BCUT2D eigenvalue weighted by Crippen LogP contribution is -2.37. The molecule has 0 aromatic heterocycles. The molecule has 0 atom stereocenters. The zero-order valence-corrected chi connectivity index (χ0v) is 13.3. The fraction of sp³-hybridized carbons (Fsp3) is 0.500. The fourth-order valence-corrected chi connectivity index (χ4v) is 2.73. The fourth-order valence-electron chi connectivity index (χ4n) is 2.12. The van der Waals surface area contributed by atoms with Crippen LogP contribution in [-0.2, 0) is 11.3 Å². The van der Waals surface area contributed by atoms with Crippen molar-refractivity contribution >= 4 is 21.8 Å². The highest BCUT2D eigenvalue weighted by Gasteiger charge is 2.18. The van der Waals surface area contributed by atoms with Crippen molar-refractivity contribution < 1.29 is 14.3 Å². The second kappa shape index (κ2) is 6.95. The molecule has 0 saturated carbocycles. The van der Waals surface area contributed by atoms with Crippen LogP contribution in [0.4, 0.5) is 0 Å². The van der Waals surface area contributed by atoms with E-state index >= 15 is 0 Å². The van der Waals surface area contributed by atoms with Crippen LogP contribution in [-0.4, -0.2) is 37.2 Å². The minimum atomic E-state index is 0.120. The summed E-state index contributed by atoms with van der Waals surface area (Å²) in [5.41, 5.74) is 1.05. The van der Waals surface area contributed by atoms with Gasteiger partial charge in [-0.1, -0.05) is 0 Å². The number of fused-ring (bicyclic) bond motifs is 1. The molecule has 1 aromatic rings. The van der Waals surface area contributed by atoms with Crippen molar-refractivity contribution in [3.05, 3.63) is 22.2 Å². The molecular formula is C14H19BrN2O3. The average Bonchev–Trinajstić information content (AvgIpc) is 2.89. The molecule has 1 N–H and O–H groups in total. The minimum absolute atomic E-state index is 0.120. The summed E-state index contributed by atoms with van der Waals surface area (Å²) in [5, 5.41) is 3.16.